The first-order chi connectivity index (χ1) is 54.1. The second-order valence-corrected chi connectivity index (χ2v) is 35.8. The van der Waals surface area contributed by atoms with E-state index in [1.807, 2.05) is 102 Å². The number of hydrogen-bond donors (Lipinski definition) is 7. The number of aryl methyl sites for hydroxylation is 4. The molecule has 9 heterocycles. The predicted octanol–water partition coefficient (Wildman–Crippen LogP) is 24.4. The third-order valence-corrected chi connectivity index (χ3v) is 25.1. The number of halogens is 10. The van der Waals surface area contributed by atoms with E-state index in [0.717, 1.165) is 130 Å². The Bertz CT molecular complexity index is 5410. The number of benzene rings is 3. The number of nitrogens with one attached hydrogen (secondary N) is 2. The molecule has 3 aromatic carbocycles. The molecule has 0 aliphatic heterocycles. The number of esters is 1. The van der Waals surface area contributed by atoms with Gasteiger partial charge in [0, 0.05) is 65.8 Å². The van der Waals surface area contributed by atoms with Crippen molar-refractivity contribution in [3.63, 3.8) is 0 Å². The number of H-pyrrole nitrogens is 1. The molecule has 618 valence electrons. The summed E-state index contributed by atoms with van der Waals surface area (Å²) < 4.78 is 10.2. The zero-order chi connectivity index (χ0) is 84.4. The Balaban J connectivity index is 0.000000293. The minimum atomic E-state index is -0.982. The number of Topliss-reactive ketones (excluding diaryl/α,β-unsaturated/α-hetero) is 1. The topological polar surface area (TPSA) is 337 Å². The summed E-state index contributed by atoms with van der Waals surface area (Å²) in [6, 6.07) is 34.5. The van der Waals surface area contributed by atoms with Crippen molar-refractivity contribution in [2.75, 3.05) is 12.3 Å². The smallest absolute Gasteiger partial charge is 0.336 e. The number of carbonyl (C=O) groups is 4. The lowest BCUT2D eigenvalue weighted by molar-refractivity contribution is -0.151. The van der Waals surface area contributed by atoms with Gasteiger partial charge in [-0.15, -0.1) is 69.1 Å². The molecule has 0 spiro atoms. The molecule has 12 rings (SSSR count). The number of carboxylic acid groups (broad SMARTS) is 2. The zero-order valence-corrected chi connectivity index (χ0v) is 78.0. The molecule has 0 radical (unpaired) electrons. The van der Waals surface area contributed by atoms with Gasteiger partial charge >= 0.3 is 17.9 Å². The van der Waals surface area contributed by atoms with Crippen LogP contribution in [-0.2, 0) is 59.5 Å². The highest BCUT2D eigenvalue weighted by Gasteiger charge is 2.23. The van der Waals surface area contributed by atoms with Crippen molar-refractivity contribution in [3.05, 3.63) is 255 Å². The van der Waals surface area contributed by atoms with Crippen LogP contribution in [0.4, 0.5) is 5.69 Å². The van der Waals surface area contributed by atoms with Crippen molar-refractivity contribution in [2.24, 2.45) is 11.7 Å². The van der Waals surface area contributed by atoms with E-state index in [0.29, 0.717) is 82.6 Å². The van der Waals surface area contributed by atoms with E-state index in [1.165, 1.54) is 75.2 Å². The molecule has 0 saturated heterocycles. The third kappa shape index (κ3) is 30.1. The van der Waals surface area contributed by atoms with Gasteiger partial charge in [-0.2, -0.15) is 0 Å². The first kappa shape index (κ1) is 101. The predicted molar refractivity (Wildman–Crippen MR) is 493 cm³/mol. The summed E-state index contributed by atoms with van der Waals surface area (Å²) in [4.78, 5) is 94.6. The van der Waals surface area contributed by atoms with Gasteiger partial charge in [0.05, 0.1) is 81.8 Å². The lowest BCUT2D eigenvalue weighted by atomic mass is 10.0. The second-order valence-electron chi connectivity index (χ2n) is 24.3. The molecule has 9 aromatic heterocycles. The summed E-state index contributed by atoms with van der Waals surface area (Å²) in [5, 5.41) is 34.9. The average molecular weight is 2000 g/mol. The monoisotopic (exact) mass is 2000 g/mol. The maximum atomic E-state index is 11.7. The Morgan fingerprint density at radius 3 is 1.28 bits per heavy atom. The van der Waals surface area contributed by atoms with Gasteiger partial charge in [-0.3, -0.25) is 19.8 Å². The molecular weight excluding hydrogens is 1920 g/mol. The van der Waals surface area contributed by atoms with Crippen LogP contribution < -0.4 is 17.0 Å². The highest BCUT2D eigenvalue weighted by molar-refractivity contribution is 9.11. The number of nitrogens with zero attached hydrogens (tertiary/aromatic N) is 7. The fraction of sp³-hybridized carbons (Fsp3) is 0.272. The van der Waals surface area contributed by atoms with Gasteiger partial charge in [0.1, 0.15) is 22.7 Å². The summed E-state index contributed by atoms with van der Waals surface area (Å²) in [6.07, 6.45) is 5.01. The number of aromatic nitrogens is 8. The lowest BCUT2D eigenvalue weighted by Gasteiger charge is -2.13. The van der Waals surface area contributed by atoms with E-state index < -0.39 is 23.8 Å². The molecule has 35 heteroatoms. The van der Waals surface area contributed by atoms with E-state index in [9.17, 15) is 34.2 Å². The van der Waals surface area contributed by atoms with Gasteiger partial charge in [-0.25, -0.2) is 44.5 Å². The van der Waals surface area contributed by atoms with Crippen LogP contribution in [-0.4, -0.2) is 91.3 Å². The van der Waals surface area contributed by atoms with E-state index in [4.69, 9.17) is 106 Å². The van der Waals surface area contributed by atoms with Crippen LogP contribution in [0.25, 0.3) is 42.8 Å². The first-order valence-corrected chi connectivity index (χ1v) is 43.6. The first-order valence-electron chi connectivity index (χ1n) is 34.9. The summed E-state index contributed by atoms with van der Waals surface area (Å²) in [6.45, 7) is 21.3. The fourth-order valence-corrected chi connectivity index (χ4v) is 17.2. The molecule has 0 aliphatic carbocycles. The minimum absolute atomic E-state index is 0. The number of anilines is 1. The number of nitrogens with two attached hydrogens (primary N) is 2. The average Bonchev–Trinajstić information content (AvgIpc) is 1.37. The number of ether oxygens (including phenoxy) is 1. The fourth-order valence-electron chi connectivity index (χ4n) is 10.8. The summed E-state index contributed by atoms with van der Waals surface area (Å²) in [7, 11) is 0. The SMILES string of the molecule is C.CCOC(=O)C(CC)C(C)=O.CCc1c(C)nc(-c2ccc(Cl)s2)[nH]c1=O.CCc1c(C)nc(-c2ccc(Cl)s2)nc1Cc1ccc(Br)c(C(=O)O)c1.CCc1c(C)nc(-c2ccc(Cl)s2)nc1Cc1ccc(Br)c(CO)c1.CCc1c(C)nc(-c2ccc(Cl)s2)nc1Cl.Cl.N=C(N)c1ccc(Cl)s1.Nc1ccc(Br)c(C(=O)O)c1. The second kappa shape index (κ2) is 49.6. The molecule has 0 saturated carbocycles. The largest absolute Gasteiger partial charge is 0.478 e. The van der Waals surface area contributed by atoms with Crippen molar-refractivity contribution < 1.29 is 39.2 Å². The number of nitrogen functional groups attached to an aromatic ring is 2. The van der Waals surface area contributed by atoms with Crippen molar-refractivity contribution >= 4 is 222 Å². The number of aromatic carboxylic acids is 2. The molecule has 20 nitrogen and oxygen atoms in total. The maximum absolute atomic E-state index is 11.7. The molecule has 12 aromatic rings. The molecule has 0 amide bonds. The standard InChI is InChI=1S/C19H16BrClN2O2S.C19H18BrClN2OS.C11H10Cl2N2S.C11H11ClN2OS.C8H14O3.C7H6BrNO2.C5H5ClN2S.CH4.ClH/c1-3-12-10(2)22-18(16-6-7-17(21)26-16)23-15(12)9-11-4-5-14(20)13(8-11)19(24)25;1-3-14-11(2)22-19(17-6-7-18(21)25-17)23-16(14)9-12-4-5-15(20)13(8-12)10-24;1-3-7-6(2)14-11(15-10(7)13)8-4-5-9(12)16-8;1-3-7-6(2)13-10(14-11(7)15)8-4-5-9(12)16-8;1-4-7(6(3)9)8(10)11-5-2;8-6-2-1-4(9)3-5(6)7(10)11;6-4-2-1-3(9-4)5(7)8;;/h4-8H,3,9H2,1-2H3,(H,24,25);4-8,24H,3,9-10H2,1-2H3;4-5H,3H2,1-2H3;4-5H,3H2,1-2H3,(H,13,14,15);7H,4-5H2,1-3H3;1-3H,9H2,(H,10,11);1-2H,(H3,7,8);1H4;1H. The van der Waals surface area contributed by atoms with Crippen LogP contribution in [0.5, 0.6) is 0 Å². The van der Waals surface area contributed by atoms with E-state index in [-0.39, 0.29) is 54.7 Å². The van der Waals surface area contributed by atoms with Crippen molar-refractivity contribution in [3.8, 4) is 42.8 Å². The number of aliphatic hydroxyl groups excluding tert-OH is 1. The maximum Gasteiger partial charge on any atom is 0.336 e. The lowest BCUT2D eigenvalue weighted by Crippen LogP contribution is -2.23. The minimum Gasteiger partial charge on any atom is -0.478 e. The highest BCUT2D eigenvalue weighted by Crippen LogP contribution is 2.35. The van der Waals surface area contributed by atoms with Gasteiger partial charge in [0.25, 0.3) is 5.56 Å². The molecule has 0 fully saturated rings. The van der Waals surface area contributed by atoms with Crippen molar-refractivity contribution in [1.29, 1.82) is 5.41 Å². The van der Waals surface area contributed by atoms with Crippen LogP contribution in [0.1, 0.15) is 161 Å². The van der Waals surface area contributed by atoms with Crippen molar-refractivity contribution in [1.82, 2.24) is 39.9 Å². The summed E-state index contributed by atoms with van der Waals surface area (Å²) in [5.74, 6) is -0.321. The molecule has 0 bridgehead atoms. The molecular formula is C81H85Br3Cl7N11O9S5. The Morgan fingerprint density at radius 2 is 0.922 bits per heavy atom. The number of ketones is 1. The molecule has 116 heavy (non-hydrogen) atoms. The summed E-state index contributed by atoms with van der Waals surface area (Å²) >= 11 is 52.5. The van der Waals surface area contributed by atoms with Crippen molar-refractivity contribution in [2.45, 2.75) is 135 Å². The normalized spacial score (nSPS) is 10.6. The number of hydrogen-bond acceptors (Lipinski definition) is 21. The molecule has 9 N–H and O–H groups in total. The van der Waals surface area contributed by atoms with Gasteiger partial charge in [0.15, 0.2) is 23.3 Å². The number of amidine groups is 1. The Hall–Kier alpha value is -6.94. The van der Waals surface area contributed by atoms with Crippen LogP contribution in [0.2, 0.25) is 26.8 Å². The van der Waals surface area contributed by atoms with Crippen LogP contribution in [0.3, 0.4) is 0 Å². The van der Waals surface area contributed by atoms with E-state index >= 15 is 0 Å². The Labute approximate surface area is 755 Å². The Morgan fingerprint density at radius 1 is 0.526 bits per heavy atom. The number of carbonyl (C=O) groups excluding carboxylic acids is 2. The van der Waals surface area contributed by atoms with Crippen LogP contribution in [0.15, 0.2) is 133 Å². The Kier molecular flexibility index (Phi) is 43.3. The molecule has 1 atom stereocenters. The highest BCUT2D eigenvalue weighted by atomic mass is 79.9. The molecule has 0 aliphatic rings. The van der Waals surface area contributed by atoms with Gasteiger partial charge in [0.2, 0.25) is 0 Å². The van der Waals surface area contributed by atoms with Crippen LogP contribution in [0, 0.1) is 39.0 Å². The third-order valence-electron chi connectivity index (χ3n) is 16.4. The zero-order valence-electron chi connectivity index (χ0n) is 63.8. The quantitative estimate of drug-likeness (QED) is 0.00931. The number of thiophene rings is 5. The number of rotatable bonds is 20. The van der Waals surface area contributed by atoms with Gasteiger partial charge in [-0.05, 0) is 230 Å². The van der Waals surface area contributed by atoms with Crippen LogP contribution >= 0.6 is 186 Å². The number of aliphatic hydroxyl groups is 1. The summed E-state index contributed by atoms with van der Waals surface area (Å²) in [5.41, 5.74) is 23.9. The number of carboxylic acids is 2. The van der Waals surface area contributed by atoms with E-state index in [2.05, 4.69) is 97.6 Å². The van der Waals surface area contributed by atoms with Gasteiger partial charge in [-0.1, -0.05) is 146 Å². The molecule has 1 unspecified atom stereocenters. The number of aromatic amines is 1. The van der Waals surface area contributed by atoms with Gasteiger partial charge < -0.3 is 36.5 Å². The van der Waals surface area contributed by atoms with E-state index in [1.54, 1.807) is 56.3 Å².